The van der Waals surface area contributed by atoms with Gasteiger partial charge in [-0.2, -0.15) is 4.39 Å². The number of hydrogen-bond donors (Lipinski definition) is 0. The minimum absolute atomic E-state index is 0.215. The number of halogens is 3. The van der Waals surface area contributed by atoms with Crippen LogP contribution in [0.15, 0.2) is 12.1 Å². The van der Waals surface area contributed by atoms with Crippen molar-refractivity contribution in [1.29, 1.82) is 0 Å². The van der Waals surface area contributed by atoms with Crippen LogP contribution in [0, 0.1) is 33.6 Å². The summed E-state index contributed by atoms with van der Waals surface area (Å²) in [5, 5.41) is 10.3. The minimum atomic E-state index is -1.11. The summed E-state index contributed by atoms with van der Waals surface area (Å²) >= 11 is 5.35. The maximum atomic E-state index is 13.2. The predicted molar refractivity (Wildman–Crippen MR) is 55.2 cm³/mol. The Labute approximate surface area is 95.2 Å². The highest BCUT2D eigenvalue weighted by Crippen LogP contribution is 2.20. The first kappa shape index (κ1) is 12.4. The Balaban J connectivity index is 3.12. The average Bonchev–Trinajstić information content (AvgIpc) is 2.22. The Morgan fingerprint density at radius 2 is 2.06 bits per heavy atom. The van der Waals surface area contributed by atoms with Crippen molar-refractivity contribution in [3.63, 3.8) is 0 Å². The maximum absolute atomic E-state index is 13.2. The molecule has 0 saturated carbocycles. The number of nitrogens with zero attached hydrogens (tertiary/aromatic N) is 1. The molecule has 1 aromatic rings. The van der Waals surface area contributed by atoms with E-state index in [-0.39, 0.29) is 11.4 Å². The highest BCUT2D eigenvalue weighted by molar-refractivity contribution is 6.18. The lowest BCUT2D eigenvalue weighted by Gasteiger charge is -1.96. The fraction of sp³-hybridized carbons (Fsp3) is 0.200. The van der Waals surface area contributed by atoms with Crippen molar-refractivity contribution in [3.05, 3.63) is 39.4 Å². The summed E-state index contributed by atoms with van der Waals surface area (Å²) in [6, 6.07) is 1.22. The van der Waals surface area contributed by atoms with Gasteiger partial charge in [0.25, 0.3) is 0 Å². The summed E-state index contributed by atoms with van der Waals surface area (Å²) in [6.07, 6.45) is 0.333. The summed E-state index contributed by atoms with van der Waals surface area (Å²) in [6.45, 7) is 0. The van der Waals surface area contributed by atoms with Crippen LogP contribution < -0.4 is 0 Å². The Kier molecular flexibility index (Phi) is 4.20. The lowest BCUT2D eigenvalue weighted by Crippen LogP contribution is -1.96. The summed E-state index contributed by atoms with van der Waals surface area (Å²) < 4.78 is 26.3. The molecule has 3 nitrogen and oxygen atoms in total. The molecule has 1 rings (SSSR count). The van der Waals surface area contributed by atoms with Gasteiger partial charge < -0.3 is 0 Å². The molecule has 1 aromatic carbocycles. The molecule has 0 saturated heterocycles. The van der Waals surface area contributed by atoms with Gasteiger partial charge in [0.05, 0.1) is 16.6 Å². The zero-order chi connectivity index (χ0) is 12.1. The molecule has 84 valence electrons. The van der Waals surface area contributed by atoms with Gasteiger partial charge in [-0.15, -0.1) is 11.6 Å². The number of hydrogen-bond acceptors (Lipinski definition) is 2. The van der Waals surface area contributed by atoms with Gasteiger partial charge in [0.15, 0.2) is 0 Å². The molecule has 0 radical (unpaired) electrons. The largest absolute Gasteiger partial charge is 0.307 e. The molecule has 0 atom stereocenters. The monoisotopic (exact) mass is 245 g/mol. The number of nitro groups is 1. The molecular formula is C10H6ClF2NO2. The lowest BCUT2D eigenvalue weighted by molar-refractivity contribution is -0.387. The topological polar surface area (TPSA) is 43.1 Å². The SMILES string of the molecule is O=[N+]([O-])c1cc(F)c(C#CCCCl)cc1F. The first-order chi connectivity index (χ1) is 7.56. The van der Waals surface area contributed by atoms with Crippen molar-refractivity contribution in [1.82, 2.24) is 0 Å². The van der Waals surface area contributed by atoms with Gasteiger partial charge in [0, 0.05) is 12.3 Å². The van der Waals surface area contributed by atoms with Crippen LogP contribution in [0.25, 0.3) is 0 Å². The van der Waals surface area contributed by atoms with Crippen LogP contribution in [0.2, 0.25) is 0 Å². The van der Waals surface area contributed by atoms with E-state index in [0.29, 0.717) is 18.6 Å². The van der Waals surface area contributed by atoms with Crippen molar-refractivity contribution in [2.45, 2.75) is 6.42 Å². The Morgan fingerprint density at radius 3 is 2.62 bits per heavy atom. The molecule has 0 spiro atoms. The third-order valence-corrected chi connectivity index (χ3v) is 1.86. The highest BCUT2D eigenvalue weighted by Gasteiger charge is 2.17. The quantitative estimate of drug-likeness (QED) is 0.348. The standard InChI is InChI=1S/C10H6ClF2NO2/c11-4-2-1-3-7-5-9(13)10(14(15)16)6-8(7)12/h5-6H,2,4H2. The zero-order valence-corrected chi connectivity index (χ0v) is 8.72. The van der Waals surface area contributed by atoms with E-state index in [1.807, 2.05) is 0 Å². The Bertz CT molecular complexity index is 480. The van der Waals surface area contributed by atoms with E-state index < -0.39 is 22.2 Å². The average molecular weight is 246 g/mol. The molecule has 0 aliphatic heterocycles. The minimum Gasteiger partial charge on any atom is -0.258 e. The van der Waals surface area contributed by atoms with E-state index in [1.165, 1.54) is 0 Å². The van der Waals surface area contributed by atoms with E-state index >= 15 is 0 Å². The molecule has 6 heteroatoms. The van der Waals surface area contributed by atoms with Crippen LogP contribution in [-0.4, -0.2) is 10.8 Å². The van der Waals surface area contributed by atoms with Gasteiger partial charge in [-0.25, -0.2) is 4.39 Å². The predicted octanol–water partition coefficient (Wildman–Crippen LogP) is 2.85. The fourth-order valence-corrected chi connectivity index (χ4v) is 1.07. The first-order valence-electron chi connectivity index (χ1n) is 4.24. The third kappa shape index (κ3) is 2.91. The Morgan fingerprint density at radius 1 is 1.38 bits per heavy atom. The van der Waals surface area contributed by atoms with Crippen molar-refractivity contribution in [2.24, 2.45) is 0 Å². The van der Waals surface area contributed by atoms with Crippen LogP contribution >= 0.6 is 11.6 Å². The van der Waals surface area contributed by atoms with Gasteiger partial charge in [0.2, 0.25) is 5.82 Å². The molecule has 0 N–H and O–H groups in total. The van der Waals surface area contributed by atoms with E-state index in [1.54, 1.807) is 0 Å². The smallest absolute Gasteiger partial charge is 0.258 e. The van der Waals surface area contributed by atoms with Gasteiger partial charge in [-0.3, -0.25) is 10.1 Å². The van der Waals surface area contributed by atoms with Crippen molar-refractivity contribution in [3.8, 4) is 11.8 Å². The van der Waals surface area contributed by atoms with Crippen LogP contribution in [0.1, 0.15) is 12.0 Å². The summed E-state index contributed by atoms with van der Waals surface area (Å²) in [5.74, 6) is 3.11. The number of rotatable bonds is 2. The van der Waals surface area contributed by atoms with Crippen LogP contribution in [0.4, 0.5) is 14.5 Å². The van der Waals surface area contributed by atoms with Gasteiger partial charge in [0.1, 0.15) is 5.82 Å². The van der Waals surface area contributed by atoms with Crippen LogP contribution in [0.3, 0.4) is 0 Å². The van der Waals surface area contributed by atoms with E-state index in [4.69, 9.17) is 11.6 Å². The second-order valence-corrected chi connectivity index (χ2v) is 3.16. The summed E-state index contributed by atoms with van der Waals surface area (Å²) in [5.41, 5.74) is -1.12. The molecule has 0 fully saturated rings. The second-order valence-electron chi connectivity index (χ2n) is 2.78. The Hall–Kier alpha value is -1.67. The normalized spacial score (nSPS) is 9.44. The van der Waals surface area contributed by atoms with E-state index in [0.717, 1.165) is 0 Å². The van der Waals surface area contributed by atoms with E-state index in [2.05, 4.69) is 11.8 Å². The van der Waals surface area contributed by atoms with Crippen molar-refractivity contribution >= 4 is 17.3 Å². The zero-order valence-electron chi connectivity index (χ0n) is 7.97. The van der Waals surface area contributed by atoms with Gasteiger partial charge >= 0.3 is 5.69 Å². The summed E-state index contributed by atoms with van der Waals surface area (Å²) in [4.78, 5) is 9.30. The molecule has 0 aliphatic rings. The lowest BCUT2D eigenvalue weighted by atomic mass is 10.2. The number of alkyl halides is 1. The molecule has 0 amide bonds. The van der Waals surface area contributed by atoms with Crippen molar-refractivity contribution < 1.29 is 13.7 Å². The number of nitro benzene ring substituents is 1. The molecule has 16 heavy (non-hydrogen) atoms. The number of benzene rings is 1. The molecule has 0 aromatic heterocycles. The summed E-state index contributed by atoms with van der Waals surface area (Å²) in [7, 11) is 0. The van der Waals surface area contributed by atoms with Crippen LogP contribution in [-0.2, 0) is 0 Å². The second kappa shape index (κ2) is 5.42. The molecule has 0 aliphatic carbocycles. The van der Waals surface area contributed by atoms with Crippen molar-refractivity contribution in [2.75, 3.05) is 5.88 Å². The van der Waals surface area contributed by atoms with Gasteiger partial charge in [-0.05, 0) is 6.07 Å². The molecule has 0 unspecified atom stereocenters. The highest BCUT2D eigenvalue weighted by atomic mass is 35.5. The molecular weight excluding hydrogens is 240 g/mol. The molecule has 0 heterocycles. The van der Waals surface area contributed by atoms with Gasteiger partial charge in [-0.1, -0.05) is 11.8 Å². The fourth-order valence-electron chi connectivity index (χ4n) is 0.977. The first-order valence-corrected chi connectivity index (χ1v) is 4.78. The molecule has 0 bridgehead atoms. The van der Waals surface area contributed by atoms with Crippen LogP contribution in [0.5, 0.6) is 0 Å². The van der Waals surface area contributed by atoms with E-state index in [9.17, 15) is 18.9 Å². The third-order valence-electron chi connectivity index (χ3n) is 1.68. The maximum Gasteiger partial charge on any atom is 0.307 e.